The number of ether oxygens (including phenoxy) is 2. The van der Waals surface area contributed by atoms with E-state index in [1.807, 2.05) is 17.0 Å². The Labute approximate surface area is 124 Å². The minimum Gasteiger partial charge on any atom is -0.468 e. The third kappa shape index (κ3) is 3.45. The number of hydrogen-bond donors (Lipinski definition) is 0. The van der Waals surface area contributed by atoms with Gasteiger partial charge in [-0.1, -0.05) is 0 Å². The maximum absolute atomic E-state index is 11.7. The van der Waals surface area contributed by atoms with Gasteiger partial charge in [0, 0.05) is 26.6 Å². The van der Waals surface area contributed by atoms with Gasteiger partial charge in [-0.3, -0.25) is 9.69 Å². The fraction of sp³-hybridized carbons (Fsp3) is 0.667. The lowest BCUT2D eigenvalue weighted by Gasteiger charge is -2.43. The van der Waals surface area contributed by atoms with E-state index in [1.165, 1.54) is 0 Å². The first-order valence-corrected chi connectivity index (χ1v) is 7.39. The molecule has 0 radical (unpaired) electrons. The molecule has 0 N–H and O–H groups in total. The number of amides is 1. The molecule has 2 aliphatic rings. The van der Waals surface area contributed by atoms with Crippen LogP contribution in [0.25, 0.3) is 0 Å². The molecule has 1 amide bonds. The van der Waals surface area contributed by atoms with E-state index >= 15 is 0 Å². The SMILES string of the molecule is CC(=O)N1CCOC[C@@]2(CN(Cc3ccco3)CCO2)C1. The number of furan rings is 1. The first kappa shape index (κ1) is 14.6. The van der Waals surface area contributed by atoms with Gasteiger partial charge in [0.1, 0.15) is 11.4 Å². The lowest BCUT2D eigenvalue weighted by atomic mass is 10.0. The molecule has 0 aliphatic carbocycles. The van der Waals surface area contributed by atoms with Gasteiger partial charge < -0.3 is 18.8 Å². The van der Waals surface area contributed by atoms with Crippen molar-refractivity contribution in [3.05, 3.63) is 24.2 Å². The molecule has 0 bridgehead atoms. The summed E-state index contributed by atoms with van der Waals surface area (Å²) >= 11 is 0. The molecule has 3 rings (SSSR count). The molecule has 1 atom stereocenters. The molecule has 6 nitrogen and oxygen atoms in total. The van der Waals surface area contributed by atoms with Crippen molar-refractivity contribution in [2.24, 2.45) is 0 Å². The molecule has 1 aromatic rings. The van der Waals surface area contributed by atoms with Crippen molar-refractivity contribution in [2.45, 2.75) is 19.1 Å². The monoisotopic (exact) mass is 294 g/mol. The highest BCUT2D eigenvalue weighted by Gasteiger charge is 2.41. The Bertz CT molecular complexity index is 476. The van der Waals surface area contributed by atoms with E-state index in [0.717, 1.165) is 25.4 Å². The van der Waals surface area contributed by atoms with Crippen molar-refractivity contribution in [3.8, 4) is 0 Å². The molecule has 0 unspecified atom stereocenters. The number of hydrogen-bond acceptors (Lipinski definition) is 5. The van der Waals surface area contributed by atoms with E-state index in [0.29, 0.717) is 32.9 Å². The molecule has 21 heavy (non-hydrogen) atoms. The van der Waals surface area contributed by atoms with Gasteiger partial charge in [0.25, 0.3) is 0 Å². The highest BCUT2D eigenvalue weighted by atomic mass is 16.5. The van der Waals surface area contributed by atoms with Crippen molar-refractivity contribution >= 4 is 5.91 Å². The van der Waals surface area contributed by atoms with Crippen molar-refractivity contribution in [3.63, 3.8) is 0 Å². The van der Waals surface area contributed by atoms with Crippen LogP contribution >= 0.6 is 0 Å². The Hall–Kier alpha value is -1.37. The maximum atomic E-state index is 11.7. The van der Waals surface area contributed by atoms with Crippen LogP contribution in [0.2, 0.25) is 0 Å². The Balaban J connectivity index is 1.69. The second-order valence-corrected chi connectivity index (χ2v) is 5.81. The summed E-state index contributed by atoms with van der Waals surface area (Å²) in [4.78, 5) is 15.8. The Morgan fingerprint density at radius 2 is 2.24 bits per heavy atom. The highest BCUT2D eigenvalue weighted by Crippen LogP contribution is 2.24. The summed E-state index contributed by atoms with van der Waals surface area (Å²) < 4.78 is 17.1. The van der Waals surface area contributed by atoms with E-state index in [1.54, 1.807) is 13.2 Å². The van der Waals surface area contributed by atoms with E-state index in [9.17, 15) is 4.79 Å². The van der Waals surface area contributed by atoms with Gasteiger partial charge in [-0.15, -0.1) is 0 Å². The second kappa shape index (κ2) is 6.17. The van der Waals surface area contributed by atoms with Gasteiger partial charge in [0.05, 0.1) is 39.2 Å². The number of nitrogens with zero attached hydrogens (tertiary/aromatic N) is 2. The van der Waals surface area contributed by atoms with Crippen LogP contribution in [0.1, 0.15) is 12.7 Å². The Kier molecular flexibility index (Phi) is 4.28. The Morgan fingerprint density at radius 3 is 3.00 bits per heavy atom. The molecule has 6 heteroatoms. The summed E-state index contributed by atoms with van der Waals surface area (Å²) in [6, 6.07) is 3.88. The average molecular weight is 294 g/mol. The van der Waals surface area contributed by atoms with Gasteiger partial charge in [0.2, 0.25) is 5.91 Å². The average Bonchev–Trinajstić information content (AvgIpc) is 2.87. The Morgan fingerprint density at radius 1 is 1.33 bits per heavy atom. The number of rotatable bonds is 2. The summed E-state index contributed by atoms with van der Waals surface area (Å²) in [5.74, 6) is 1.02. The van der Waals surface area contributed by atoms with Gasteiger partial charge in [-0.05, 0) is 12.1 Å². The van der Waals surface area contributed by atoms with Crippen LogP contribution in [0.15, 0.2) is 22.8 Å². The van der Waals surface area contributed by atoms with Crippen LogP contribution in [0.3, 0.4) is 0 Å². The van der Waals surface area contributed by atoms with Crippen LogP contribution in [0.5, 0.6) is 0 Å². The predicted molar refractivity (Wildman–Crippen MR) is 75.7 cm³/mol. The van der Waals surface area contributed by atoms with Crippen LogP contribution in [0.4, 0.5) is 0 Å². The highest BCUT2D eigenvalue weighted by molar-refractivity contribution is 5.73. The number of morpholine rings is 1. The molecular formula is C15H22N2O4. The summed E-state index contributed by atoms with van der Waals surface area (Å²) in [6.07, 6.45) is 1.69. The zero-order valence-corrected chi connectivity index (χ0v) is 12.4. The molecule has 2 aliphatic heterocycles. The molecular weight excluding hydrogens is 272 g/mol. The molecule has 1 aromatic heterocycles. The van der Waals surface area contributed by atoms with Crippen molar-refractivity contribution in [1.29, 1.82) is 0 Å². The summed E-state index contributed by atoms with van der Waals surface area (Å²) in [5, 5.41) is 0. The van der Waals surface area contributed by atoms with Crippen LogP contribution in [-0.4, -0.2) is 67.3 Å². The minimum atomic E-state index is -0.424. The fourth-order valence-electron chi connectivity index (χ4n) is 3.04. The predicted octanol–water partition coefficient (Wildman–Crippen LogP) is 0.729. The lowest BCUT2D eigenvalue weighted by Crippen LogP contribution is -2.58. The first-order chi connectivity index (χ1) is 10.2. The largest absolute Gasteiger partial charge is 0.468 e. The number of carbonyl (C=O) groups is 1. The van der Waals surface area contributed by atoms with E-state index in [2.05, 4.69) is 4.90 Å². The smallest absolute Gasteiger partial charge is 0.219 e. The lowest BCUT2D eigenvalue weighted by molar-refractivity contribution is -0.151. The van der Waals surface area contributed by atoms with Gasteiger partial charge in [-0.25, -0.2) is 0 Å². The second-order valence-electron chi connectivity index (χ2n) is 5.81. The first-order valence-electron chi connectivity index (χ1n) is 7.39. The molecule has 1 spiro atoms. The molecule has 2 fully saturated rings. The normalized spacial score (nSPS) is 27.8. The van der Waals surface area contributed by atoms with Crippen LogP contribution < -0.4 is 0 Å². The quantitative estimate of drug-likeness (QED) is 0.805. The van der Waals surface area contributed by atoms with Crippen LogP contribution in [-0.2, 0) is 20.8 Å². The van der Waals surface area contributed by atoms with Crippen molar-refractivity contribution < 1.29 is 18.7 Å². The van der Waals surface area contributed by atoms with E-state index in [-0.39, 0.29) is 5.91 Å². The molecule has 116 valence electrons. The molecule has 0 saturated carbocycles. The van der Waals surface area contributed by atoms with Gasteiger partial charge in [-0.2, -0.15) is 0 Å². The van der Waals surface area contributed by atoms with Gasteiger partial charge >= 0.3 is 0 Å². The van der Waals surface area contributed by atoms with Crippen molar-refractivity contribution in [1.82, 2.24) is 9.80 Å². The van der Waals surface area contributed by atoms with E-state index in [4.69, 9.17) is 13.9 Å². The topological polar surface area (TPSA) is 55.2 Å². The van der Waals surface area contributed by atoms with E-state index < -0.39 is 5.60 Å². The minimum absolute atomic E-state index is 0.0756. The number of carbonyl (C=O) groups excluding carboxylic acids is 1. The standard InChI is InChI=1S/C15H22N2O4/c1-13(18)17-5-7-19-12-15(11-17)10-16(4-8-21-15)9-14-3-2-6-20-14/h2-3,6H,4-5,7-12H2,1H3/t15-/m1/s1. The summed E-state index contributed by atoms with van der Waals surface area (Å²) in [7, 11) is 0. The molecule has 2 saturated heterocycles. The maximum Gasteiger partial charge on any atom is 0.219 e. The zero-order chi connectivity index (χ0) is 14.7. The van der Waals surface area contributed by atoms with Crippen LogP contribution in [0, 0.1) is 0 Å². The third-order valence-corrected chi connectivity index (χ3v) is 4.08. The third-order valence-electron chi connectivity index (χ3n) is 4.08. The molecule has 0 aromatic carbocycles. The molecule has 3 heterocycles. The fourth-order valence-corrected chi connectivity index (χ4v) is 3.04. The van der Waals surface area contributed by atoms with Gasteiger partial charge in [0.15, 0.2) is 0 Å². The zero-order valence-electron chi connectivity index (χ0n) is 12.4. The summed E-state index contributed by atoms with van der Waals surface area (Å²) in [6.45, 7) is 6.96. The van der Waals surface area contributed by atoms with Crippen molar-refractivity contribution in [2.75, 3.05) is 46.0 Å². The summed E-state index contributed by atoms with van der Waals surface area (Å²) in [5.41, 5.74) is -0.424.